The van der Waals surface area contributed by atoms with E-state index in [0.717, 1.165) is 37.8 Å². The highest BCUT2D eigenvalue weighted by molar-refractivity contribution is 9.10. The molecule has 0 radical (unpaired) electrons. The molecule has 0 unspecified atom stereocenters. The minimum Gasteiger partial charge on any atom is -0.272 e. The van der Waals surface area contributed by atoms with E-state index in [2.05, 4.69) is 48.8 Å². The number of benzene rings is 3. The number of carbonyl (C=O) groups excluding carboxylic acids is 1. The summed E-state index contributed by atoms with van der Waals surface area (Å²) in [6.45, 7) is 1.85. The van der Waals surface area contributed by atoms with Gasteiger partial charge in [-0.25, -0.2) is 5.43 Å². The fourth-order valence-corrected chi connectivity index (χ4v) is 3.24. The minimum absolute atomic E-state index is 0.338. The summed E-state index contributed by atoms with van der Waals surface area (Å²) >= 11 is 3.40. The molecule has 28 heavy (non-hydrogen) atoms. The maximum absolute atomic E-state index is 12.4. The first-order chi connectivity index (χ1) is 13.6. The quantitative estimate of drug-likeness (QED) is 0.345. The van der Waals surface area contributed by atoms with Crippen LogP contribution in [0.25, 0.3) is 22.0 Å². The van der Waals surface area contributed by atoms with Gasteiger partial charge in [0.1, 0.15) is 5.69 Å². The van der Waals surface area contributed by atoms with Crippen LogP contribution in [0.3, 0.4) is 0 Å². The maximum Gasteiger partial charge on any atom is 0.289 e. The summed E-state index contributed by atoms with van der Waals surface area (Å²) in [4.78, 5) is 12.4. The molecule has 1 amide bonds. The molecule has 0 aliphatic carbocycles. The molecule has 5 nitrogen and oxygen atoms in total. The van der Waals surface area contributed by atoms with Crippen molar-refractivity contribution >= 4 is 38.3 Å². The molecule has 0 spiro atoms. The van der Waals surface area contributed by atoms with E-state index in [9.17, 15) is 4.79 Å². The Morgan fingerprint density at radius 1 is 1.04 bits per heavy atom. The number of hydrogen-bond acceptors (Lipinski definition) is 3. The highest BCUT2D eigenvalue weighted by atomic mass is 79.9. The molecule has 0 aliphatic heterocycles. The fourth-order valence-electron chi connectivity index (χ4n) is 2.98. The first kappa shape index (κ1) is 18.1. The first-order valence-corrected chi connectivity index (χ1v) is 9.55. The van der Waals surface area contributed by atoms with Crippen LogP contribution < -0.4 is 5.43 Å². The highest BCUT2D eigenvalue weighted by Gasteiger charge is 2.12. The van der Waals surface area contributed by atoms with Crippen LogP contribution in [0.4, 0.5) is 0 Å². The molecule has 0 saturated heterocycles. The van der Waals surface area contributed by atoms with Gasteiger partial charge in [-0.15, -0.1) is 0 Å². The number of aromatic amines is 1. The third-order valence-corrected chi connectivity index (χ3v) is 5.00. The largest absolute Gasteiger partial charge is 0.289 e. The van der Waals surface area contributed by atoms with Gasteiger partial charge in [-0.05, 0) is 41.5 Å². The summed E-state index contributed by atoms with van der Waals surface area (Å²) < 4.78 is 0.992. The van der Waals surface area contributed by atoms with Crippen molar-refractivity contribution < 1.29 is 4.79 Å². The van der Waals surface area contributed by atoms with Crippen LogP contribution in [0.15, 0.2) is 82.4 Å². The van der Waals surface area contributed by atoms with Gasteiger partial charge >= 0.3 is 0 Å². The Balaban J connectivity index is 1.54. The lowest BCUT2D eigenvalue weighted by Crippen LogP contribution is -2.19. The maximum atomic E-state index is 12.4. The number of hydrazone groups is 1. The van der Waals surface area contributed by atoms with Crippen molar-refractivity contribution in [3.8, 4) is 11.3 Å². The summed E-state index contributed by atoms with van der Waals surface area (Å²) in [6, 6.07) is 23.6. The van der Waals surface area contributed by atoms with Gasteiger partial charge in [0.15, 0.2) is 0 Å². The zero-order valence-electron chi connectivity index (χ0n) is 15.1. The zero-order valence-corrected chi connectivity index (χ0v) is 16.7. The van der Waals surface area contributed by atoms with Crippen LogP contribution in [0.2, 0.25) is 0 Å². The number of aromatic nitrogens is 2. The second kappa shape index (κ2) is 7.78. The highest BCUT2D eigenvalue weighted by Crippen LogP contribution is 2.27. The average molecular weight is 433 g/mol. The van der Waals surface area contributed by atoms with Crippen molar-refractivity contribution in [2.45, 2.75) is 6.92 Å². The smallest absolute Gasteiger partial charge is 0.272 e. The molecular weight excluding hydrogens is 416 g/mol. The number of rotatable bonds is 4. The summed E-state index contributed by atoms with van der Waals surface area (Å²) in [5.41, 5.74) is 6.28. The molecule has 0 aliphatic rings. The van der Waals surface area contributed by atoms with E-state index in [1.165, 1.54) is 0 Å². The molecule has 0 fully saturated rings. The molecule has 3 aromatic carbocycles. The van der Waals surface area contributed by atoms with Gasteiger partial charge < -0.3 is 0 Å². The molecule has 2 N–H and O–H groups in total. The number of amides is 1. The normalized spacial score (nSPS) is 11.6. The number of halogens is 1. The van der Waals surface area contributed by atoms with E-state index in [-0.39, 0.29) is 5.91 Å². The van der Waals surface area contributed by atoms with E-state index in [0.29, 0.717) is 5.69 Å². The molecule has 0 saturated carbocycles. The van der Waals surface area contributed by atoms with Crippen molar-refractivity contribution in [1.29, 1.82) is 0 Å². The number of nitrogens with one attached hydrogen (secondary N) is 2. The lowest BCUT2D eigenvalue weighted by molar-refractivity contribution is 0.0950. The predicted octanol–water partition coefficient (Wildman–Crippen LogP) is 5.15. The van der Waals surface area contributed by atoms with Crippen LogP contribution >= 0.6 is 15.9 Å². The Morgan fingerprint density at radius 3 is 2.61 bits per heavy atom. The number of fused-ring (bicyclic) bond motifs is 1. The number of H-pyrrole nitrogens is 1. The van der Waals surface area contributed by atoms with Crippen molar-refractivity contribution in [1.82, 2.24) is 15.6 Å². The van der Waals surface area contributed by atoms with Gasteiger partial charge in [-0.3, -0.25) is 9.89 Å². The van der Waals surface area contributed by atoms with Crippen LogP contribution in [0, 0.1) is 0 Å². The third-order valence-electron chi connectivity index (χ3n) is 4.48. The monoisotopic (exact) mass is 432 g/mol. The van der Waals surface area contributed by atoms with Gasteiger partial charge in [-0.1, -0.05) is 70.5 Å². The van der Waals surface area contributed by atoms with Crippen LogP contribution in [-0.4, -0.2) is 21.8 Å². The van der Waals surface area contributed by atoms with Crippen LogP contribution in [0.5, 0.6) is 0 Å². The molecule has 0 bridgehead atoms. The van der Waals surface area contributed by atoms with E-state index < -0.39 is 0 Å². The van der Waals surface area contributed by atoms with Crippen molar-refractivity contribution in [2.75, 3.05) is 0 Å². The molecule has 6 heteroatoms. The Morgan fingerprint density at radius 2 is 1.79 bits per heavy atom. The number of hydrogen-bond donors (Lipinski definition) is 2. The van der Waals surface area contributed by atoms with Gasteiger partial charge in [0.25, 0.3) is 5.91 Å². The number of nitrogens with zero attached hydrogens (tertiary/aromatic N) is 2. The fraction of sp³-hybridized carbons (Fsp3) is 0.0455. The van der Waals surface area contributed by atoms with E-state index in [4.69, 9.17) is 0 Å². The second-order valence-corrected chi connectivity index (χ2v) is 7.25. The van der Waals surface area contributed by atoms with Gasteiger partial charge in [0.2, 0.25) is 0 Å². The first-order valence-electron chi connectivity index (χ1n) is 8.76. The van der Waals surface area contributed by atoms with Gasteiger partial charge in [-0.2, -0.15) is 10.2 Å². The van der Waals surface area contributed by atoms with Crippen molar-refractivity contribution in [2.24, 2.45) is 5.10 Å². The van der Waals surface area contributed by atoms with Crippen LogP contribution in [-0.2, 0) is 0 Å². The molecule has 138 valence electrons. The molecular formula is C22H17BrN4O. The van der Waals surface area contributed by atoms with E-state index in [1.54, 1.807) is 6.07 Å². The van der Waals surface area contributed by atoms with E-state index >= 15 is 0 Å². The predicted molar refractivity (Wildman–Crippen MR) is 115 cm³/mol. The molecule has 4 aromatic rings. The molecule has 1 heterocycles. The Kier molecular flexibility index (Phi) is 5.04. The molecule has 1 aromatic heterocycles. The number of carbonyl (C=O) groups is 1. The zero-order chi connectivity index (χ0) is 19.5. The third kappa shape index (κ3) is 3.73. The minimum atomic E-state index is -0.338. The Labute approximate surface area is 170 Å². The van der Waals surface area contributed by atoms with E-state index in [1.807, 2.05) is 61.5 Å². The summed E-state index contributed by atoms with van der Waals surface area (Å²) in [7, 11) is 0. The van der Waals surface area contributed by atoms with Gasteiger partial charge in [0.05, 0.1) is 11.4 Å². The topological polar surface area (TPSA) is 70.1 Å². The SMILES string of the molecule is C/C(=N\NC(=O)c1cc(-c2cccc3ccccc23)n[nH]1)c1ccc(Br)cc1. The standard InChI is InChI=1S/C22H17BrN4O/c1-14(15-9-11-17(23)12-10-15)24-27-22(28)21-13-20(25-26-21)19-8-4-6-16-5-2-3-7-18(16)19/h2-13H,1H3,(H,25,26)(H,27,28)/b24-14+. The lowest BCUT2D eigenvalue weighted by Gasteiger charge is -2.03. The average Bonchev–Trinajstić information content (AvgIpc) is 3.22. The summed E-state index contributed by atoms with van der Waals surface area (Å²) in [5, 5.41) is 13.5. The second-order valence-electron chi connectivity index (χ2n) is 6.34. The van der Waals surface area contributed by atoms with Crippen molar-refractivity contribution in [3.63, 3.8) is 0 Å². The summed E-state index contributed by atoms with van der Waals surface area (Å²) in [5.74, 6) is -0.338. The van der Waals surface area contributed by atoms with Gasteiger partial charge in [0, 0.05) is 10.0 Å². The lowest BCUT2D eigenvalue weighted by atomic mass is 10.0. The van der Waals surface area contributed by atoms with Crippen LogP contribution in [0.1, 0.15) is 23.0 Å². The van der Waals surface area contributed by atoms with Crippen molar-refractivity contribution in [3.05, 3.63) is 88.5 Å². The Hall–Kier alpha value is -3.25. The molecule has 4 rings (SSSR count). The Bertz CT molecular complexity index is 1170. The summed E-state index contributed by atoms with van der Waals surface area (Å²) in [6.07, 6.45) is 0. The molecule has 0 atom stereocenters.